The number of nitrogens with zero attached hydrogens (tertiary/aromatic N) is 2. The third-order valence-electron chi connectivity index (χ3n) is 4.30. The molecule has 0 bridgehead atoms. The third kappa shape index (κ3) is 4.23. The van der Waals surface area contributed by atoms with Crippen molar-refractivity contribution in [2.24, 2.45) is 10.1 Å². The molecule has 5 heteroatoms. The zero-order valence-corrected chi connectivity index (χ0v) is 15.6. The molecule has 0 aromatic heterocycles. The maximum atomic E-state index is 6.10. The fourth-order valence-corrected chi connectivity index (χ4v) is 2.90. The van der Waals surface area contributed by atoms with E-state index in [0.717, 1.165) is 47.8 Å². The van der Waals surface area contributed by atoms with Crippen molar-refractivity contribution in [3.63, 3.8) is 0 Å². The molecule has 0 fully saturated rings. The Morgan fingerprint density at radius 2 is 2.04 bits per heavy atom. The Balaban J connectivity index is 1.88. The Morgan fingerprint density at radius 3 is 2.81 bits per heavy atom. The van der Waals surface area contributed by atoms with E-state index in [1.54, 1.807) is 7.11 Å². The Kier molecular flexibility index (Phi) is 5.89. The zero-order valence-electron chi connectivity index (χ0n) is 15.6. The summed E-state index contributed by atoms with van der Waals surface area (Å²) >= 11 is 0. The maximum Gasteiger partial charge on any atom is 0.152 e. The number of hydrogen-bond acceptors (Lipinski definition) is 5. The fraction of sp³-hybridized carbons (Fsp3) is 0.333. The van der Waals surface area contributed by atoms with Crippen LogP contribution in [-0.4, -0.2) is 31.7 Å². The summed E-state index contributed by atoms with van der Waals surface area (Å²) in [4.78, 5) is 9.65. The molecule has 0 amide bonds. The minimum absolute atomic E-state index is 0.455. The van der Waals surface area contributed by atoms with Crippen molar-refractivity contribution in [3.05, 3.63) is 64.7 Å². The van der Waals surface area contributed by atoms with Crippen LogP contribution in [0.2, 0.25) is 0 Å². The molecule has 26 heavy (non-hydrogen) atoms. The second-order valence-electron chi connectivity index (χ2n) is 6.35. The van der Waals surface area contributed by atoms with Crippen LogP contribution >= 0.6 is 0 Å². The van der Waals surface area contributed by atoms with Gasteiger partial charge in [0.25, 0.3) is 0 Å². The zero-order chi connectivity index (χ0) is 18.4. The van der Waals surface area contributed by atoms with Gasteiger partial charge in [-0.05, 0) is 43.0 Å². The molecular formula is C21H25N3O2. The summed E-state index contributed by atoms with van der Waals surface area (Å²) in [5, 5.41) is 7.55. The molecular weight excluding hydrogens is 326 g/mol. The molecule has 0 saturated carbocycles. The Hall–Kier alpha value is -2.82. The van der Waals surface area contributed by atoms with Crippen LogP contribution < -0.4 is 10.1 Å². The fourth-order valence-electron chi connectivity index (χ4n) is 2.90. The highest BCUT2D eigenvalue weighted by Crippen LogP contribution is 2.22. The molecule has 0 aliphatic carbocycles. The molecule has 0 saturated heterocycles. The topological polar surface area (TPSA) is 55.2 Å². The van der Waals surface area contributed by atoms with E-state index in [9.17, 15) is 0 Å². The van der Waals surface area contributed by atoms with Crippen LogP contribution in [0, 0.1) is 13.8 Å². The number of oxime groups is 1. The summed E-state index contributed by atoms with van der Waals surface area (Å²) in [5.41, 5.74) is 5.03. The molecule has 2 aromatic carbocycles. The number of ether oxygens (including phenoxy) is 1. The minimum Gasteiger partial charge on any atom is -0.489 e. The molecule has 1 heterocycles. The number of amidine groups is 1. The minimum atomic E-state index is 0.455. The number of benzene rings is 2. The van der Waals surface area contributed by atoms with Gasteiger partial charge in [0.15, 0.2) is 11.5 Å². The second-order valence-corrected chi connectivity index (χ2v) is 6.35. The van der Waals surface area contributed by atoms with Gasteiger partial charge < -0.3 is 14.9 Å². The first-order valence-electron chi connectivity index (χ1n) is 8.87. The monoisotopic (exact) mass is 351 g/mol. The molecule has 0 spiro atoms. The van der Waals surface area contributed by atoms with E-state index in [0.29, 0.717) is 12.3 Å². The van der Waals surface area contributed by atoms with Crippen molar-refractivity contribution in [1.82, 2.24) is 5.32 Å². The van der Waals surface area contributed by atoms with Crippen LogP contribution in [0.4, 0.5) is 0 Å². The first-order chi connectivity index (χ1) is 12.7. The van der Waals surface area contributed by atoms with Crippen molar-refractivity contribution in [2.45, 2.75) is 26.9 Å². The highest BCUT2D eigenvalue weighted by atomic mass is 16.6. The van der Waals surface area contributed by atoms with E-state index in [4.69, 9.17) is 9.57 Å². The lowest BCUT2D eigenvalue weighted by Gasteiger charge is -2.18. The number of aliphatic imine (C=N–C) groups is 1. The van der Waals surface area contributed by atoms with Crippen LogP contribution in [0.5, 0.6) is 5.75 Å². The SMILES string of the molecule is CO/N=C(/C1=NCCCN1)c1ccccc1COc1cc(C)ccc1C. The molecule has 3 rings (SSSR count). The van der Waals surface area contributed by atoms with E-state index in [1.807, 2.05) is 18.2 Å². The average molecular weight is 351 g/mol. The third-order valence-corrected chi connectivity index (χ3v) is 4.30. The molecule has 0 unspecified atom stereocenters. The molecule has 136 valence electrons. The van der Waals surface area contributed by atoms with E-state index < -0.39 is 0 Å². The lowest BCUT2D eigenvalue weighted by molar-refractivity contribution is 0.214. The van der Waals surface area contributed by atoms with E-state index in [-0.39, 0.29) is 0 Å². The van der Waals surface area contributed by atoms with E-state index in [2.05, 4.69) is 53.6 Å². The van der Waals surface area contributed by atoms with Gasteiger partial charge in [-0.2, -0.15) is 0 Å². The highest BCUT2D eigenvalue weighted by Gasteiger charge is 2.18. The summed E-state index contributed by atoms with van der Waals surface area (Å²) in [5.74, 6) is 1.68. The van der Waals surface area contributed by atoms with Crippen molar-refractivity contribution < 1.29 is 9.57 Å². The standard InChI is InChI=1S/C21H25N3O2/c1-15-9-10-16(2)19(13-15)26-14-17-7-4-5-8-18(17)20(24-25-3)21-22-11-6-12-23-21/h4-5,7-10,13H,6,11-12,14H2,1-3H3,(H,22,23)/b24-20+. The van der Waals surface area contributed by atoms with Crippen LogP contribution in [0.3, 0.4) is 0 Å². The summed E-state index contributed by atoms with van der Waals surface area (Å²) in [6.07, 6.45) is 1.03. The first kappa shape index (κ1) is 18.0. The number of hydrogen-bond donors (Lipinski definition) is 1. The number of aryl methyl sites for hydroxylation is 2. The summed E-state index contributed by atoms with van der Waals surface area (Å²) < 4.78 is 6.10. The highest BCUT2D eigenvalue weighted by molar-refractivity contribution is 6.47. The van der Waals surface area contributed by atoms with Gasteiger partial charge in [0.2, 0.25) is 0 Å². The molecule has 5 nitrogen and oxygen atoms in total. The van der Waals surface area contributed by atoms with E-state index in [1.165, 1.54) is 5.56 Å². The van der Waals surface area contributed by atoms with Gasteiger partial charge in [-0.15, -0.1) is 0 Å². The largest absolute Gasteiger partial charge is 0.489 e. The number of rotatable bonds is 6. The van der Waals surface area contributed by atoms with Gasteiger partial charge >= 0.3 is 0 Å². The summed E-state index contributed by atoms with van der Waals surface area (Å²) in [6.45, 7) is 6.26. The van der Waals surface area contributed by atoms with Crippen LogP contribution in [0.15, 0.2) is 52.6 Å². The van der Waals surface area contributed by atoms with Crippen molar-refractivity contribution in [3.8, 4) is 5.75 Å². The van der Waals surface area contributed by atoms with Crippen molar-refractivity contribution in [2.75, 3.05) is 20.2 Å². The van der Waals surface area contributed by atoms with Gasteiger partial charge in [0.05, 0.1) is 0 Å². The van der Waals surface area contributed by atoms with Gasteiger partial charge in [-0.25, -0.2) is 0 Å². The lowest BCUT2D eigenvalue weighted by atomic mass is 10.0. The lowest BCUT2D eigenvalue weighted by Crippen LogP contribution is -2.37. The second kappa shape index (κ2) is 8.52. The molecule has 1 N–H and O–H groups in total. The molecule has 1 aliphatic rings. The smallest absolute Gasteiger partial charge is 0.152 e. The number of nitrogens with one attached hydrogen (secondary N) is 1. The van der Waals surface area contributed by atoms with Gasteiger partial charge in [0, 0.05) is 18.7 Å². The van der Waals surface area contributed by atoms with Crippen molar-refractivity contribution in [1.29, 1.82) is 0 Å². The summed E-state index contributed by atoms with van der Waals surface area (Å²) in [7, 11) is 1.55. The molecule has 2 aromatic rings. The predicted octanol–water partition coefficient (Wildman–Crippen LogP) is 3.62. The predicted molar refractivity (Wildman–Crippen MR) is 105 cm³/mol. The Bertz CT molecular complexity index is 828. The van der Waals surface area contributed by atoms with Crippen molar-refractivity contribution >= 4 is 11.5 Å². The average Bonchev–Trinajstić information content (AvgIpc) is 2.68. The van der Waals surface area contributed by atoms with Gasteiger partial charge in [0.1, 0.15) is 19.5 Å². The molecule has 0 atom stereocenters. The van der Waals surface area contributed by atoms with Crippen LogP contribution in [0.25, 0.3) is 0 Å². The quantitative estimate of drug-likeness (QED) is 0.639. The van der Waals surface area contributed by atoms with Gasteiger partial charge in [-0.3, -0.25) is 4.99 Å². The maximum absolute atomic E-state index is 6.10. The van der Waals surface area contributed by atoms with Crippen LogP contribution in [-0.2, 0) is 11.4 Å². The van der Waals surface area contributed by atoms with Crippen LogP contribution in [0.1, 0.15) is 28.7 Å². The molecule has 0 radical (unpaired) electrons. The Labute approximate surface area is 154 Å². The van der Waals surface area contributed by atoms with Gasteiger partial charge in [-0.1, -0.05) is 41.6 Å². The normalized spacial score (nSPS) is 14.4. The van der Waals surface area contributed by atoms with E-state index >= 15 is 0 Å². The Morgan fingerprint density at radius 1 is 1.19 bits per heavy atom. The molecule has 1 aliphatic heterocycles. The first-order valence-corrected chi connectivity index (χ1v) is 8.87. The summed E-state index contributed by atoms with van der Waals surface area (Å²) in [6, 6.07) is 14.3.